The van der Waals surface area contributed by atoms with Gasteiger partial charge in [-0.15, -0.1) is 0 Å². The molecule has 0 radical (unpaired) electrons. The van der Waals surface area contributed by atoms with Gasteiger partial charge in [0, 0.05) is 11.3 Å². The number of amides is 1. The molecule has 136 valence electrons. The first kappa shape index (κ1) is 16.1. The van der Waals surface area contributed by atoms with Crippen molar-refractivity contribution in [3.05, 3.63) is 81.0 Å². The van der Waals surface area contributed by atoms with E-state index in [9.17, 15) is 14.9 Å². The molecule has 0 bridgehead atoms. The van der Waals surface area contributed by atoms with E-state index in [1.165, 1.54) is 0 Å². The Morgan fingerprint density at radius 3 is 2.71 bits per heavy atom. The van der Waals surface area contributed by atoms with Crippen molar-refractivity contribution in [3.8, 4) is 11.8 Å². The Hall–Kier alpha value is -4.05. The first-order chi connectivity index (χ1) is 13.5. The second-order valence-electron chi connectivity index (χ2n) is 6.74. The van der Waals surface area contributed by atoms with Crippen LogP contribution < -0.4 is 21.4 Å². The van der Waals surface area contributed by atoms with Crippen LogP contribution in [0.2, 0.25) is 0 Å². The maximum absolute atomic E-state index is 13.3. The Bertz CT molecular complexity index is 1350. The van der Waals surface area contributed by atoms with Gasteiger partial charge in [-0.1, -0.05) is 30.3 Å². The van der Waals surface area contributed by atoms with Crippen LogP contribution in [0.5, 0.6) is 5.75 Å². The minimum absolute atomic E-state index is 0.0428. The fourth-order valence-electron chi connectivity index (χ4n) is 4.13. The van der Waals surface area contributed by atoms with Crippen LogP contribution >= 0.6 is 0 Å². The number of hydrogen-bond acceptors (Lipinski definition) is 6. The normalized spacial score (nSPS) is 19.8. The number of rotatable bonds is 0. The second kappa shape index (κ2) is 5.24. The number of nitrogens with one attached hydrogen (secondary N) is 1. The van der Waals surface area contributed by atoms with Gasteiger partial charge in [-0.25, -0.2) is 4.79 Å². The molecule has 0 fully saturated rings. The van der Waals surface area contributed by atoms with Crippen molar-refractivity contribution in [2.75, 3.05) is 5.32 Å². The van der Waals surface area contributed by atoms with E-state index in [1.54, 1.807) is 36.4 Å². The van der Waals surface area contributed by atoms with E-state index in [2.05, 4.69) is 5.32 Å². The number of carbonyl (C=O) groups is 1. The molecule has 2 aromatic carbocycles. The maximum Gasteiger partial charge on any atom is 0.345 e. The van der Waals surface area contributed by atoms with Gasteiger partial charge in [-0.05, 0) is 24.6 Å². The molecule has 0 unspecified atom stereocenters. The third kappa shape index (κ3) is 1.71. The molecule has 0 saturated heterocycles. The number of anilines is 1. The summed E-state index contributed by atoms with van der Waals surface area (Å²) in [5.41, 5.74) is 5.56. The second-order valence-corrected chi connectivity index (χ2v) is 6.74. The summed E-state index contributed by atoms with van der Waals surface area (Å²) >= 11 is 0. The molecule has 3 heterocycles. The van der Waals surface area contributed by atoms with E-state index in [1.807, 2.05) is 19.1 Å². The fraction of sp³-hybridized carbons (Fsp3) is 0.0952. The molecule has 7 heteroatoms. The zero-order chi connectivity index (χ0) is 19.6. The van der Waals surface area contributed by atoms with Crippen molar-refractivity contribution in [3.63, 3.8) is 0 Å². The highest BCUT2D eigenvalue weighted by Gasteiger charge is 2.59. The smallest absolute Gasteiger partial charge is 0.345 e. The van der Waals surface area contributed by atoms with Gasteiger partial charge >= 0.3 is 5.63 Å². The Morgan fingerprint density at radius 2 is 1.93 bits per heavy atom. The summed E-state index contributed by atoms with van der Waals surface area (Å²) in [6.45, 7) is 1.83. The SMILES string of the molecule is Cc1cccc2c1NC(=O)[C@]21C(C#N)=C(N)Oc2c1c(=O)oc1ccccc21. The maximum atomic E-state index is 13.3. The summed E-state index contributed by atoms with van der Waals surface area (Å²) in [6.07, 6.45) is 0. The van der Waals surface area contributed by atoms with Gasteiger partial charge in [0.1, 0.15) is 22.8 Å². The summed E-state index contributed by atoms with van der Waals surface area (Å²) in [7, 11) is 0. The standard InChI is InChI=1S/C21H13N3O4/c1-10-5-4-7-12-16(10)24-20(26)21(12)13(9-22)18(23)28-17-11-6-2-3-8-14(11)27-19(25)15(17)21/h2-8H,23H2,1H3,(H,24,26)/t21-/m0/s1. The monoisotopic (exact) mass is 371 g/mol. The number of aryl methyl sites for hydroxylation is 1. The summed E-state index contributed by atoms with van der Waals surface area (Å²) in [5, 5.41) is 13.2. The Morgan fingerprint density at radius 1 is 1.14 bits per heavy atom. The molecule has 0 aliphatic carbocycles. The molecular formula is C21H13N3O4. The highest BCUT2D eigenvalue weighted by molar-refractivity contribution is 6.13. The molecule has 3 N–H and O–H groups in total. The number of nitriles is 1. The van der Waals surface area contributed by atoms with Crippen LogP contribution in [0.4, 0.5) is 5.69 Å². The number of ether oxygens (including phenoxy) is 1. The lowest BCUT2D eigenvalue weighted by atomic mass is 9.69. The fourth-order valence-corrected chi connectivity index (χ4v) is 4.13. The van der Waals surface area contributed by atoms with Crippen LogP contribution in [0.25, 0.3) is 11.0 Å². The summed E-state index contributed by atoms with van der Waals surface area (Å²) < 4.78 is 11.2. The van der Waals surface area contributed by atoms with Crippen LogP contribution in [0.15, 0.2) is 63.1 Å². The third-order valence-corrected chi connectivity index (χ3v) is 5.34. The van der Waals surface area contributed by atoms with Gasteiger partial charge < -0.3 is 20.2 Å². The van der Waals surface area contributed by atoms with Crippen LogP contribution in [0.3, 0.4) is 0 Å². The molecule has 3 aromatic rings. The molecule has 28 heavy (non-hydrogen) atoms. The van der Waals surface area contributed by atoms with Crippen molar-refractivity contribution in [1.29, 1.82) is 5.26 Å². The van der Waals surface area contributed by atoms with Gasteiger partial charge in [0.25, 0.3) is 0 Å². The van der Waals surface area contributed by atoms with Crippen molar-refractivity contribution in [2.45, 2.75) is 12.3 Å². The quantitative estimate of drug-likeness (QED) is 0.586. The predicted molar refractivity (Wildman–Crippen MR) is 101 cm³/mol. The largest absolute Gasteiger partial charge is 0.439 e. The Labute approximate surface area is 158 Å². The molecule has 7 nitrogen and oxygen atoms in total. The lowest BCUT2D eigenvalue weighted by Gasteiger charge is -2.32. The minimum Gasteiger partial charge on any atom is -0.439 e. The van der Waals surface area contributed by atoms with Gasteiger partial charge in [-0.2, -0.15) is 5.26 Å². The zero-order valence-corrected chi connectivity index (χ0v) is 14.7. The molecule has 2 aliphatic rings. The molecule has 2 aliphatic heterocycles. The number of hydrogen-bond donors (Lipinski definition) is 2. The predicted octanol–water partition coefficient (Wildman–Crippen LogP) is 2.43. The van der Waals surface area contributed by atoms with Crippen molar-refractivity contribution in [1.82, 2.24) is 0 Å². The summed E-state index contributed by atoms with van der Waals surface area (Å²) in [6, 6.07) is 14.1. The third-order valence-electron chi connectivity index (χ3n) is 5.34. The van der Waals surface area contributed by atoms with E-state index in [4.69, 9.17) is 14.9 Å². The first-order valence-corrected chi connectivity index (χ1v) is 8.56. The average molecular weight is 371 g/mol. The molecule has 1 aromatic heterocycles. The van der Waals surface area contributed by atoms with Gasteiger partial charge in [-0.3, -0.25) is 4.79 Å². The first-order valence-electron chi connectivity index (χ1n) is 8.56. The van der Waals surface area contributed by atoms with E-state index in [0.29, 0.717) is 22.2 Å². The minimum atomic E-state index is -1.72. The van der Waals surface area contributed by atoms with Crippen LogP contribution in [0.1, 0.15) is 16.7 Å². The molecule has 5 rings (SSSR count). The summed E-state index contributed by atoms with van der Waals surface area (Å²) in [5.74, 6) is -0.619. The molecular weight excluding hydrogens is 358 g/mol. The van der Waals surface area contributed by atoms with Crippen LogP contribution in [-0.2, 0) is 10.2 Å². The zero-order valence-electron chi connectivity index (χ0n) is 14.7. The molecule has 0 saturated carbocycles. The lowest BCUT2D eigenvalue weighted by molar-refractivity contribution is -0.118. The van der Waals surface area contributed by atoms with Gasteiger partial charge in [0.05, 0.1) is 5.39 Å². The average Bonchev–Trinajstić information content (AvgIpc) is 2.96. The van der Waals surface area contributed by atoms with Gasteiger partial charge in [0.2, 0.25) is 11.8 Å². The lowest BCUT2D eigenvalue weighted by Crippen LogP contribution is -2.45. The van der Waals surface area contributed by atoms with Gasteiger partial charge in [0.15, 0.2) is 11.2 Å². The highest BCUT2D eigenvalue weighted by atomic mass is 16.5. The topological polar surface area (TPSA) is 118 Å². The summed E-state index contributed by atoms with van der Waals surface area (Å²) in [4.78, 5) is 26.4. The molecule has 1 atom stereocenters. The number of para-hydroxylation sites is 2. The van der Waals surface area contributed by atoms with Crippen molar-refractivity contribution in [2.24, 2.45) is 5.73 Å². The number of nitrogens with zero attached hydrogens (tertiary/aromatic N) is 1. The van der Waals surface area contributed by atoms with Crippen molar-refractivity contribution >= 4 is 22.6 Å². The number of fused-ring (bicyclic) bond motifs is 6. The number of carbonyl (C=O) groups excluding carboxylic acids is 1. The Balaban J connectivity index is 2.03. The highest BCUT2D eigenvalue weighted by Crippen LogP contribution is 2.53. The van der Waals surface area contributed by atoms with Crippen LogP contribution in [-0.4, -0.2) is 5.91 Å². The molecule has 1 spiro atoms. The van der Waals surface area contributed by atoms with Crippen molar-refractivity contribution < 1.29 is 13.9 Å². The Kier molecular flexibility index (Phi) is 3.02. The van der Waals surface area contributed by atoms with E-state index in [-0.39, 0.29) is 22.8 Å². The van der Waals surface area contributed by atoms with E-state index < -0.39 is 16.9 Å². The number of nitrogens with two attached hydrogens (primary N) is 1. The molecule has 1 amide bonds. The van der Waals surface area contributed by atoms with E-state index >= 15 is 0 Å². The van der Waals surface area contributed by atoms with Crippen LogP contribution in [0, 0.1) is 18.3 Å². The number of benzene rings is 2. The van der Waals surface area contributed by atoms with E-state index in [0.717, 1.165) is 5.56 Å².